The van der Waals surface area contributed by atoms with Gasteiger partial charge in [0.25, 0.3) is 0 Å². The van der Waals surface area contributed by atoms with Crippen LogP contribution < -0.4 is 5.09 Å². The number of hydrogen-bond donors (Lipinski definition) is 3. The Labute approximate surface area is 168 Å². The van der Waals surface area contributed by atoms with E-state index in [9.17, 15) is 14.2 Å². The van der Waals surface area contributed by atoms with Crippen molar-refractivity contribution in [1.29, 1.82) is 0 Å². The largest absolute Gasteiger partial charge is 0.371 e. The van der Waals surface area contributed by atoms with Crippen LogP contribution in [0.25, 0.3) is 0 Å². The first kappa shape index (κ1) is 23.2. The van der Waals surface area contributed by atoms with E-state index in [2.05, 4.69) is 5.09 Å². The number of nitrogens with one attached hydrogen (secondary N) is 1. The Morgan fingerprint density at radius 1 is 1.32 bits per heavy atom. The summed E-state index contributed by atoms with van der Waals surface area (Å²) in [6.07, 6.45) is -6.41. The summed E-state index contributed by atoms with van der Waals surface area (Å²) in [6, 6.07) is 0. The molecule has 0 spiro atoms. The van der Waals surface area contributed by atoms with Crippen LogP contribution in [0.4, 0.5) is 8.78 Å². The van der Waals surface area contributed by atoms with Gasteiger partial charge >= 0.3 is 6.72 Å². The average molecular weight is 465 g/mol. The highest BCUT2D eigenvalue weighted by atomic mass is 32.5. The van der Waals surface area contributed by atoms with Gasteiger partial charge in [-0.1, -0.05) is 6.92 Å². The maximum absolute atomic E-state index is 15.2. The quantitative estimate of drug-likeness (QED) is 0.501. The van der Waals surface area contributed by atoms with Crippen LogP contribution in [-0.4, -0.2) is 77.7 Å². The molecule has 2 bridgehead atoms. The molecular formula is C15H27F2NO7P2S. The lowest BCUT2D eigenvalue weighted by Gasteiger charge is -2.31. The molecule has 3 N–H and O–H groups in total. The number of rotatable bonds is 1. The summed E-state index contributed by atoms with van der Waals surface area (Å²) in [6.45, 7) is 0.234. The molecule has 3 aliphatic rings. The molecule has 9 atom stereocenters. The third-order valence-corrected chi connectivity index (χ3v) is 8.74. The summed E-state index contributed by atoms with van der Waals surface area (Å²) in [7, 11) is -3.34. The molecule has 3 rings (SSSR count). The van der Waals surface area contributed by atoms with E-state index in [1.54, 1.807) is 20.8 Å². The molecule has 3 aliphatic heterocycles. The first-order chi connectivity index (χ1) is 13.0. The lowest BCUT2D eigenvalue weighted by molar-refractivity contribution is -0.0174. The topological polar surface area (TPSA) is 98.6 Å². The number of ether oxygens (including phenoxy) is 2. The molecule has 0 aromatic heterocycles. The third-order valence-electron chi connectivity index (χ3n) is 5.29. The molecule has 0 aromatic rings. The highest BCUT2D eigenvalue weighted by Gasteiger charge is 2.53. The standard InChI is InChI=1S/C15H27F2NO7P2S/c1-4-15(17)8-21-10-6-18-26(19,5-2)24-13-9(3)23-11(12(13)16)7-22-27(20,28)25-14(10)15/h5,9-14,18-19H,4,6-8H2,1-3H3,(H,20,28)/t9?,10-,11-,12-,13+,14-,15-,26?,27?/m1/s1. The molecule has 3 fully saturated rings. The Hall–Kier alpha value is 0.490. The van der Waals surface area contributed by atoms with Crippen molar-refractivity contribution < 1.29 is 41.6 Å². The van der Waals surface area contributed by atoms with Crippen molar-refractivity contribution in [2.45, 2.75) is 69.6 Å². The van der Waals surface area contributed by atoms with Crippen LogP contribution in [0.5, 0.6) is 0 Å². The maximum Gasteiger partial charge on any atom is 0.325 e. The summed E-state index contributed by atoms with van der Waals surface area (Å²) in [4.78, 5) is 21.2. The van der Waals surface area contributed by atoms with Crippen molar-refractivity contribution in [3.05, 3.63) is 0 Å². The monoisotopic (exact) mass is 465 g/mol. The predicted octanol–water partition coefficient (Wildman–Crippen LogP) is 1.81. The molecule has 0 aromatic carbocycles. The zero-order valence-electron chi connectivity index (χ0n) is 15.9. The highest BCUT2D eigenvalue weighted by Crippen LogP contribution is 2.52. The fourth-order valence-corrected chi connectivity index (χ4v) is 6.44. The van der Waals surface area contributed by atoms with Crippen LogP contribution in [0.1, 0.15) is 27.2 Å². The summed E-state index contributed by atoms with van der Waals surface area (Å²) < 4.78 is 57.5. The van der Waals surface area contributed by atoms with E-state index in [1.807, 2.05) is 0 Å². The van der Waals surface area contributed by atoms with E-state index in [4.69, 9.17) is 34.9 Å². The van der Waals surface area contributed by atoms with Gasteiger partial charge in [0.05, 0.1) is 19.3 Å². The average Bonchev–Trinajstić information content (AvgIpc) is 3.09. The number of halogens is 2. The predicted molar refractivity (Wildman–Crippen MR) is 104 cm³/mol. The lowest BCUT2D eigenvalue weighted by atomic mass is 9.96. The van der Waals surface area contributed by atoms with E-state index < -0.39 is 56.6 Å². The van der Waals surface area contributed by atoms with Crippen LogP contribution in [0, 0.1) is 0 Å². The van der Waals surface area contributed by atoms with Gasteiger partial charge in [-0.05, 0) is 37.9 Å². The van der Waals surface area contributed by atoms with Crippen molar-refractivity contribution in [2.24, 2.45) is 0 Å². The normalized spacial score (nSPS) is 53.0. The van der Waals surface area contributed by atoms with Gasteiger partial charge in [-0.2, -0.15) is 0 Å². The molecule has 3 saturated heterocycles. The van der Waals surface area contributed by atoms with Gasteiger partial charge < -0.3 is 28.3 Å². The van der Waals surface area contributed by atoms with Crippen LogP contribution in [0.3, 0.4) is 0 Å². The fourth-order valence-electron chi connectivity index (χ4n) is 3.49. The van der Waals surface area contributed by atoms with Gasteiger partial charge in [0.15, 0.2) is 19.3 Å². The van der Waals surface area contributed by atoms with Crippen LogP contribution in [0.2, 0.25) is 0 Å². The van der Waals surface area contributed by atoms with Gasteiger partial charge in [-0.3, -0.25) is 9.61 Å². The van der Waals surface area contributed by atoms with Gasteiger partial charge in [0, 0.05) is 6.54 Å². The van der Waals surface area contributed by atoms with E-state index in [0.717, 1.165) is 0 Å². The Morgan fingerprint density at radius 3 is 2.68 bits per heavy atom. The van der Waals surface area contributed by atoms with Crippen LogP contribution in [-0.2, 0) is 34.9 Å². The van der Waals surface area contributed by atoms with Crippen LogP contribution >= 0.6 is 14.2 Å². The second-order valence-electron chi connectivity index (χ2n) is 7.17. The van der Waals surface area contributed by atoms with Crippen molar-refractivity contribution in [2.75, 3.05) is 19.8 Å². The van der Waals surface area contributed by atoms with E-state index in [0.29, 0.717) is 0 Å². The first-order valence-corrected chi connectivity index (χ1v) is 13.5. The zero-order valence-corrected chi connectivity index (χ0v) is 18.5. The van der Waals surface area contributed by atoms with E-state index >= 15 is 4.39 Å². The second-order valence-corrected chi connectivity index (χ2v) is 12.2. The lowest BCUT2D eigenvalue weighted by Crippen LogP contribution is -2.44. The summed E-state index contributed by atoms with van der Waals surface area (Å²) >= 11 is 5.00. The molecule has 28 heavy (non-hydrogen) atoms. The van der Waals surface area contributed by atoms with E-state index in [1.165, 1.54) is 5.80 Å². The minimum Gasteiger partial charge on any atom is -0.371 e. The smallest absolute Gasteiger partial charge is 0.325 e. The molecule has 3 heterocycles. The minimum absolute atomic E-state index is 0.0529. The summed E-state index contributed by atoms with van der Waals surface area (Å²) in [5.41, 5.74) is -1.89. The van der Waals surface area contributed by atoms with Crippen molar-refractivity contribution in [1.82, 2.24) is 5.09 Å². The van der Waals surface area contributed by atoms with Gasteiger partial charge in [-0.25, -0.2) is 8.78 Å². The molecule has 8 nitrogen and oxygen atoms in total. The fraction of sp³-hybridized carbons (Fsp3) is 0.933. The number of alkyl halides is 2. The molecule has 0 saturated carbocycles. The summed E-state index contributed by atoms with van der Waals surface area (Å²) in [5.74, 6) is 1.42. The van der Waals surface area contributed by atoms with Gasteiger partial charge in [-0.15, -0.1) is 0 Å². The highest BCUT2D eigenvalue weighted by molar-refractivity contribution is 8.07. The Morgan fingerprint density at radius 2 is 2.04 bits per heavy atom. The molecular weight excluding hydrogens is 438 g/mol. The number of hydrogen-bond acceptors (Lipinski definition) is 8. The second kappa shape index (κ2) is 8.55. The third kappa shape index (κ3) is 4.70. The maximum atomic E-state index is 15.2. The molecule has 0 aliphatic carbocycles. The van der Waals surface area contributed by atoms with Gasteiger partial charge in [0.1, 0.15) is 24.4 Å². The molecule has 3 unspecified atom stereocenters. The van der Waals surface area contributed by atoms with Crippen molar-refractivity contribution in [3.8, 4) is 0 Å². The molecule has 0 amide bonds. The van der Waals surface area contributed by atoms with Crippen LogP contribution in [0.15, 0.2) is 0 Å². The SMILES string of the molecule is CC=P1(O)NC[C@H]2OC[C@](F)(CC)[C@@H]2OP(O)(=S)OC[C@H]2OC(C)[C@H](O1)[C@@H]2F. The van der Waals surface area contributed by atoms with E-state index in [-0.39, 0.29) is 26.2 Å². The zero-order chi connectivity index (χ0) is 20.7. The molecule has 0 radical (unpaired) electrons. The van der Waals surface area contributed by atoms with Gasteiger partial charge in [0.2, 0.25) is 0 Å². The Kier molecular flexibility index (Phi) is 7.07. The first-order valence-electron chi connectivity index (χ1n) is 9.14. The molecule has 164 valence electrons. The molecule has 13 heteroatoms. The van der Waals surface area contributed by atoms with Crippen molar-refractivity contribution >= 4 is 31.8 Å². The minimum atomic E-state index is -3.90. The number of fused-ring (bicyclic) bond motifs is 3. The summed E-state index contributed by atoms with van der Waals surface area (Å²) in [5, 5.41) is 2.82. The Bertz CT molecular complexity index is 689. The van der Waals surface area contributed by atoms with Crippen molar-refractivity contribution in [3.63, 3.8) is 0 Å². The Balaban J connectivity index is 1.91.